The molecule has 26 heavy (non-hydrogen) atoms. The van der Waals surface area contributed by atoms with Gasteiger partial charge < -0.3 is 10.1 Å². The molecule has 1 heterocycles. The van der Waals surface area contributed by atoms with Crippen molar-refractivity contribution in [2.24, 2.45) is 0 Å². The Bertz CT molecular complexity index is 903. The number of benzene rings is 2. The summed E-state index contributed by atoms with van der Waals surface area (Å²) in [6.07, 6.45) is -4.76. The second-order valence-corrected chi connectivity index (χ2v) is 6.42. The molecule has 134 valence electrons. The molecular weight excluding hydrogens is 365 g/mol. The standard InChI is InChI=1S/C18H13F3N2O2S/c1-11-22-16(10-26-11)12-2-6-14(7-3-12)23-17(24)13-4-8-15(9-5-13)25-18(19,20)21/h2-10H,1H3,(H,23,24). The third kappa shape index (κ3) is 4.60. The minimum atomic E-state index is -4.76. The number of thiazole rings is 1. The second-order valence-electron chi connectivity index (χ2n) is 5.36. The molecule has 0 unspecified atom stereocenters. The Labute approximate surface area is 151 Å². The van der Waals surface area contributed by atoms with Crippen LogP contribution >= 0.6 is 11.3 Å². The van der Waals surface area contributed by atoms with Crippen LogP contribution in [0.4, 0.5) is 18.9 Å². The lowest BCUT2D eigenvalue weighted by atomic mass is 10.1. The maximum Gasteiger partial charge on any atom is 0.573 e. The molecule has 1 amide bonds. The number of hydrogen-bond donors (Lipinski definition) is 1. The van der Waals surface area contributed by atoms with E-state index in [4.69, 9.17) is 0 Å². The minimum absolute atomic E-state index is 0.221. The Morgan fingerprint density at radius 2 is 1.73 bits per heavy atom. The number of carbonyl (C=O) groups is 1. The first-order chi connectivity index (χ1) is 12.3. The number of aryl methyl sites for hydroxylation is 1. The molecule has 0 saturated carbocycles. The van der Waals surface area contributed by atoms with Crippen LogP contribution in [0.15, 0.2) is 53.9 Å². The van der Waals surface area contributed by atoms with E-state index in [9.17, 15) is 18.0 Å². The molecule has 0 radical (unpaired) electrons. The van der Waals surface area contributed by atoms with Crippen molar-refractivity contribution in [1.82, 2.24) is 4.98 Å². The lowest BCUT2D eigenvalue weighted by Crippen LogP contribution is -2.17. The van der Waals surface area contributed by atoms with Gasteiger partial charge in [-0.2, -0.15) is 0 Å². The number of rotatable bonds is 4. The first kappa shape index (κ1) is 17.9. The Hall–Kier alpha value is -2.87. The fraction of sp³-hybridized carbons (Fsp3) is 0.111. The molecule has 3 rings (SSSR count). The molecule has 4 nitrogen and oxygen atoms in total. The molecule has 0 bridgehead atoms. The second kappa shape index (κ2) is 7.17. The van der Waals surface area contributed by atoms with Crippen molar-refractivity contribution in [3.05, 3.63) is 64.5 Å². The molecule has 1 aromatic heterocycles. The normalized spacial score (nSPS) is 11.2. The predicted octanol–water partition coefficient (Wildman–Crippen LogP) is 5.27. The zero-order valence-corrected chi connectivity index (χ0v) is 14.3. The molecule has 0 fully saturated rings. The number of nitrogens with one attached hydrogen (secondary N) is 1. The average Bonchev–Trinajstić information content (AvgIpc) is 3.01. The van der Waals surface area contributed by atoms with Gasteiger partial charge in [0.1, 0.15) is 5.75 Å². The van der Waals surface area contributed by atoms with E-state index in [1.165, 1.54) is 12.1 Å². The summed E-state index contributed by atoms with van der Waals surface area (Å²) >= 11 is 1.55. The van der Waals surface area contributed by atoms with Gasteiger partial charge >= 0.3 is 6.36 Å². The quantitative estimate of drug-likeness (QED) is 0.673. The number of ether oxygens (including phenoxy) is 1. The van der Waals surface area contributed by atoms with E-state index in [-0.39, 0.29) is 11.3 Å². The highest BCUT2D eigenvalue weighted by Crippen LogP contribution is 2.24. The Kier molecular flexibility index (Phi) is 4.94. The number of halogens is 3. The van der Waals surface area contributed by atoms with E-state index in [1.807, 2.05) is 24.4 Å². The highest BCUT2D eigenvalue weighted by molar-refractivity contribution is 7.09. The molecule has 0 aliphatic rings. The fourth-order valence-corrected chi connectivity index (χ4v) is 2.85. The zero-order valence-electron chi connectivity index (χ0n) is 13.5. The van der Waals surface area contributed by atoms with Crippen molar-refractivity contribution in [2.75, 3.05) is 5.32 Å². The lowest BCUT2D eigenvalue weighted by molar-refractivity contribution is -0.274. The molecule has 0 spiro atoms. The van der Waals surface area contributed by atoms with E-state index >= 15 is 0 Å². The van der Waals surface area contributed by atoms with Gasteiger partial charge in [-0.05, 0) is 43.3 Å². The van der Waals surface area contributed by atoms with Crippen LogP contribution in [0.5, 0.6) is 5.75 Å². The molecule has 1 N–H and O–H groups in total. The molecule has 0 saturated heterocycles. The number of hydrogen-bond acceptors (Lipinski definition) is 4. The first-order valence-corrected chi connectivity index (χ1v) is 8.38. The van der Waals surface area contributed by atoms with Crippen LogP contribution in [-0.2, 0) is 0 Å². The van der Waals surface area contributed by atoms with Crippen LogP contribution in [0.3, 0.4) is 0 Å². The molecule has 8 heteroatoms. The largest absolute Gasteiger partial charge is 0.573 e. The van der Waals surface area contributed by atoms with Gasteiger partial charge in [-0.25, -0.2) is 4.98 Å². The number of aromatic nitrogens is 1. The Morgan fingerprint density at radius 1 is 1.08 bits per heavy atom. The van der Waals surface area contributed by atoms with Gasteiger partial charge in [-0.3, -0.25) is 4.79 Å². The predicted molar refractivity (Wildman–Crippen MR) is 93.4 cm³/mol. The fourth-order valence-electron chi connectivity index (χ4n) is 2.23. The topological polar surface area (TPSA) is 51.2 Å². The van der Waals surface area contributed by atoms with Crippen LogP contribution < -0.4 is 10.1 Å². The number of amides is 1. The maximum atomic E-state index is 12.2. The summed E-state index contributed by atoms with van der Waals surface area (Å²) in [6, 6.07) is 11.9. The number of anilines is 1. The van der Waals surface area contributed by atoms with Crippen molar-refractivity contribution >= 4 is 22.9 Å². The minimum Gasteiger partial charge on any atom is -0.406 e. The summed E-state index contributed by atoms with van der Waals surface area (Å²) in [5.74, 6) is -0.808. The number of alkyl halides is 3. The van der Waals surface area contributed by atoms with Crippen LogP contribution in [0.2, 0.25) is 0 Å². The SMILES string of the molecule is Cc1nc(-c2ccc(NC(=O)c3ccc(OC(F)(F)F)cc3)cc2)cs1. The van der Waals surface area contributed by atoms with Gasteiger partial charge in [0, 0.05) is 22.2 Å². The summed E-state index contributed by atoms with van der Waals surface area (Å²) in [7, 11) is 0. The maximum absolute atomic E-state index is 12.2. The summed E-state index contributed by atoms with van der Waals surface area (Å²) in [4.78, 5) is 16.6. The lowest BCUT2D eigenvalue weighted by Gasteiger charge is -2.09. The zero-order chi connectivity index (χ0) is 18.7. The molecule has 2 aromatic carbocycles. The van der Waals surface area contributed by atoms with Crippen molar-refractivity contribution < 1.29 is 22.7 Å². The van der Waals surface area contributed by atoms with Gasteiger partial charge in [0.05, 0.1) is 10.7 Å². The molecule has 0 atom stereocenters. The van der Waals surface area contributed by atoms with Crippen molar-refractivity contribution in [1.29, 1.82) is 0 Å². The number of nitrogens with zero attached hydrogens (tertiary/aromatic N) is 1. The monoisotopic (exact) mass is 378 g/mol. The van der Waals surface area contributed by atoms with Gasteiger partial charge in [0.15, 0.2) is 0 Å². The van der Waals surface area contributed by atoms with Gasteiger partial charge in [-0.15, -0.1) is 24.5 Å². The smallest absolute Gasteiger partial charge is 0.406 e. The van der Waals surface area contributed by atoms with E-state index in [0.29, 0.717) is 5.69 Å². The molecule has 0 aliphatic carbocycles. The molecular formula is C18H13F3N2O2S. The van der Waals surface area contributed by atoms with Crippen LogP contribution in [0.25, 0.3) is 11.3 Å². The van der Waals surface area contributed by atoms with E-state index in [1.54, 1.807) is 23.5 Å². The molecule has 3 aromatic rings. The summed E-state index contributed by atoms with van der Waals surface area (Å²) in [5, 5.41) is 5.61. The Morgan fingerprint density at radius 3 is 2.27 bits per heavy atom. The van der Waals surface area contributed by atoms with Crippen LogP contribution in [0.1, 0.15) is 15.4 Å². The van der Waals surface area contributed by atoms with Crippen LogP contribution in [-0.4, -0.2) is 17.3 Å². The van der Waals surface area contributed by atoms with Crippen molar-refractivity contribution in [2.45, 2.75) is 13.3 Å². The van der Waals surface area contributed by atoms with E-state index in [0.717, 1.165) is 28.4 Å². The van der Waals surface area contributed by atoms with Gasteiger partial charge in [0.2, 0.25) is 0 Å². The van der Waals surface area contributed by atoms with Crippen molar-refractivity contribution in [3.8, 4) is 17.0 Å². The third-order valence-corrected chi connectivity index (χ3v) is 4.18. The summed E-state index contributed by atoms with van der Waals surface area (Å²) in [6.45, 7) is 1.92. The highest BCUT2D eigenvalue weighted by Gasteiger charge is 2.31. The average molecular weight is 378 g/mol. The number of carbonyl (C=O) groups excluding carboxylic acids is 1. The molecule has 0 aliphatic heterocycles. The van der Waals surface area contributed by atoms with Gasteiger partial charge in [-0.1, -0.05) is 12.1 Å². The third-order valence-electron chi connectivity index (χ3n) is 3.41. The first-order valence-electron chi connectivity index (χ1n) is 7.50. The summed E-state index contributed by atoms with van der Waals surface area (Å²) < 4.78 is 40.2. The van der Waals surface area contributed by atoms with E-state index in [2.05, 4.69) is 15.0 Å². The van der Waals surface area contributed by atoms with Crippen molar-refractivity contribution in [3.63, 3.8) is 0 Å². The van der Waals surface area contributed by atoms with E-state index < -0.39 is 12.3 Å². The van der Waals surface area contributed by atoms with Crippen LogP contribution in [0, 0.1) is 6.92 Å². The summed E-state index contributed by atoms with van der Waals surface area (Å²) in [5.41, 5.74) is 2.59. The Balaban J connectivity index is 1.66. The highest BCUT2D eigenvalue weighted by atomic mass is 32.1. The van der Waals surface area contributed by atoms with Gasteiger partial charge in [0.25, 0.3) is 5.91 Å².